The largest absolute Gasteiger partial charge is 0.388 e. The molecule has 1 aromatic heterocycles. The minimum absolute atomic E-state index is 0.322. The van der Waals surface area contributed by atoms with E-state index in [-0.39, 0.29) is 6.10 Å². The second-order valence-corrected chi connectivity index (χ2v) is 4.14. The molecule has 0 aliphatic heterocycles. The fraction of sp³-hybridized carbons (Fsp3) is 0.615. The van der Waals surface area contributed by atoms with Crippen molar-refractivity contribution in [2.24, 2.45) is 5.92 Å². The number of hydrogen-bond acceptors (Lipinski definition) is 2. The van der Waals surface area contributed by atoms with Crippen LogP contribution in [-0.2, 0) is 6.42 Å². The summed E-state index contributed by atoms with van der Waals surface area (Å²) in [5.41, 5.74) is 2.21. The average molecular weight is 207 g/mol. The van der Waals surface area contributed by atoms with Gasteiger partial charge in [-0.25, -0.2) is 0 Å². The Hall–Kier alpha value is -0.890. The fourth-order valence-electron chi connectivity index (χ4n) is 1.94. The van der Waals surface area contributed by atoms with Gasteiger partial charge in [-0.05, 0) is 36.0 Å². The first-order valence-corrected chi connectivity index (χ1v) is 5.81. The molecular weight excluding hydrogens is 186 g/mol. The molecule has 0 saturated carbocycles. The topological polar surface area (TPSA) is 33.1 Å². The molecule has 0 saturated heterocycles. The molecule has 15 heavy (non-hydrogen) atoms. The van der Waals surface area contributed by atoms with Gasteiger partial charge in [0.2, 0.25) is 0 Å². The van der Waals surface area contributed by atoms with Crippen LogP contribution in [0.4, 0.5) is 0 Å². The molecule has 2 unspecified atom stereocenters. The van der Waals surface area contributed by atoms with Crippen LogP contribution in [0.25, 0.3) is 0 Å². The summed E-state index contributed by atoms with van der Waals surface area (Å²) >= 11 is 0. The molecule has 1 aromatic rings. The highest BCUT2D eigenvalue weighted by Crippen LogP contribution is 2.27. The molecule has 2 nitrogen and oxygen atoms in total. The number of hydrogen-bond donors (Lipinski definition) is 1. The van der Waals surface area contributed by atoms with Gasteiger partial charge >= 0.3 is 0 Å². The van der Waals surface area contributed by atoms with Crippen molar-refractivity contribution in [2.45, 2.75) is 46.1 Å². The molecule has 2 heteroatoms. The quantitative estimate of drug-likeness (QED) is 0.804. The Morgan fingerprint density at radius 1 is 1.40 bits per heavy atom. The van der Waals surface area contributed by atoms with Crippen LogP contribution in [0.15, 0.2) is 18.5 Å². The van der Waals surface area contributed by atoms with E-state index in [1.54, 1.807) is 6.20 Å². The third-order valence-corrected chi connectivity index (χ3v) is 2.92. The smallest absolute Gasteiger partial charge is 0.0819 e. The van der Waals surface area contributed by atoms with Crippen molar-refractivity contribution in [3.8, 4) is 0 Å². The lowest BCUT2D eigenvalue weighted by molar-refractivity contribution is 0.111. The maximum atomic E-state index is 10.2. The van der Waals surface area contributed by atoms with Crippen molar-refractivity contribution in [3.63, 3.8) is 0 Å². The number of pyridine rings is 1. The van der Waals surface area contributed by atoms with Crippen molar-refractivity contribution in [2.75, 3.05) is 0 Å². The van der Waals surface area contributed by atoms with Gasteiger partial charge in [0.05, 0.1) is 6.10 Å². The third kappa shape index (κ3) is 3.03. The first kappa shape index (κ1) is 12.2. The predicted octanol–water partition coefficient (Wildman–Crippen LogP) is 3.11. The van der Waals surface area contributed by atoms with Gasteiger partial charge < -0.3 is 5.11 Å². The van der Waals surface area contributed by atoms with Crippen LogP contribution in [-0.4, -0.2) is 10.1 Å². The summed E-state index contributed by atoms with van der Waals surface area (Å²) in [5.74, 6) is 0.322. The highest BCUT2D eigenvalue weighted by atomic mass is 16.3. The van der Waals surface area contributed by atoms with E-state index in [9.17, 15) is 5.11 Å². The lowest BCUT2D eigenvalue weighted by atomic mass is 9.91. The number of rotatable bonds is 5. The van der Waals surface area contributed by atoms with Gasteiger partial charge in [0, 0.05) is 12.4 Å². The Kier molecular flexibility index (Phi) is 4.76. The SMILES string of the molecule is CCCC(C)C(O)c1ccncc1CC. The summed E-state index contributed by atoms with van der Waals surface area (Å²) < 4.78 is 0. The van der Waals surface area contributed by atoms with Crippen molar-refractivity contribution >= 4 is 0 Å². The first-order valence-electron chi connectivity index (χ1n) is 5.81. The highest BCUT2D eigenvalue weighted by molar-refractivity contribution is 5.25. The lowest BCUT2D eigenvalue weighted by Gasteiger charge is -2.20. The summed E-state index contributed by atoms with van der Waals surface area (Å²) in [6, 6.07) is 1.94. The minimum Gasteiger partial charge on any atom is -0.388 e. The Labute approximate surface area is 92.4 Å². The number of aliphatic hydroxyl groups is 1. The molecule has 0 spiro atoms. The molecule has 84 valence electrons. The predicted molar refractivity (Wildman–Crippen MR) is 62.6 cm³/mol. The van der Waals surface area contributed by atoms with Crippen molar-refractivity contribution < 1.29 is 5.11 Å². The second kappa shape index (κ2) is 5.86. The van der Waals surface area contributed by atoms with Gasteiger partial charge in [-0.1, -0.05) is 27.2 Å². The maximum Gasteiger partial charge on any atom is 0.0819 e. The summed E-state index contributed by atoms with van der Waals surface area (Å²) in [6.07, 6.45) is 6.38. The zero-order valence-corrected chi connectivity index (χ0v) is 9.90. The molecule has 0 bridgehead atoms. The first-order chi connectivity index (χ1) is 7.20. The fourth-order valence-corrected chi connectivity index (χ4v) is 1.94. The van der Waals surface area contributed by atoms with Crippen LogP contribution in [0.1, 0.15) is 50.8 Å². The molecule has 1 N–H and O–H groups in total. The van der Waals surface area contributed by atoms with Gasteiger partial charge in [-0.2, -0.15) is 0 Å². The van der Waals surface area contributed by atoms with Crippen LogP contribution in [0.5, 0.6) is 0 Å². The van der Waals surface area contributed by atoms with E-state index in [0.717, 1.165) is 30.4 Å². The number of nitrogens with zero attached hydrogens (tertiary/aromatic N) is 1. The van der Waals surface area contributed by atoms with E-state index >= 15 is 0 Å². The number of aryl methyl sites for hydroxylation is 1. The molecule has 0 amide bonds. The molecule has 1 heterocycles. The van der Waals surface area contributed by atoms with E-state index in [4.69, 9.17) is 0 Å². The Bertz CT molecular complexity index is 298. The maximum absolute atomic E-state index is 10.2. The van der Waals surface area contributed by atoms with Gasteiger partial charge in [0.1, 0.15) is 0 Å². The van der Waals surface area contributed by atoms with E-state index in [1.165, 1.54) is 0 Å². The Morgan fingerprint density at radius 3 is 2.73 bits per heavy atom. The van der Waals surface area contributed by atoms with E-state index in [1.807, 2.05) is 12.3 Å². The number of aromatic nitrogens is 1. The van der Waals surface area contributed by atoms with E-state index < -0.39 is 0 Å². The molecule has 0 fully saturated rings. The van der Waals surface area contributed by atoms with Crippen LogP contribution >= 0.6 is 0 Å². The molecule has 0 aliphatic carbocycles. The zero-order valence-electron chi connectivity index (χ0n) is 9.90. The standard InChI is InChI=1S/C13H21NO/c1-4-6-10(3)13(15)12-7-8-14-9-11(12)5-2/h7-10,13,15H,4-6H2,1-3H3. The molecule has 0 aliphatic rings. The normalized spacial score (nSPS) is 14.9. The monoisotopic (exact) mass is 207 g/mol. The van der Waals surface area contributed by atoms with Crippen molar-refractivity contribution in [1.82, 2.24) is 4.98 Å². The van der Waals surface area contributed by atoms with Gasteiger partial charge in [-0.15, -0.1) is 0 Å². The molecule has 2 atom stereocenters. The second-order valence-electron chi connectivity index (χ2n) is 4.14. The minimum atomic E-state index is -0.345. The van der Waals surface area contributed by atoms with Crippen LogP contribution < -0.4 is 0 Å². The zero-order chi connectivity index (χ0) is 11.3. The van der Waals surface area contributed by atoms with Crippen molar-refractivity contribution in [3.05, 3.63) is 29.6 Å². The van der Waals surface area contributed by atoms with Crippen LogP contribution in [0.3, 0.4) is 0 Å². The molecule has 1 rings (SSSR count). The van der Waals surface area contributed by atoms with Gasteiger partial charge in [0.25, 0.3) is 0 Å². The van der Waals surface area contributed by atoms with Gasteiger partial charge in [0.15, 0.2) is 0 Å². The van der Waals surface area contributed by atoms with Crippen LogP contribution in [0.2, 0.25) is 0 Å². The van der Waals surface area contributed by atoms with Crippen molar-refractivity contribution in [1.29, 1.82) is 0 Å². The van der Waals surface area contributed by atoms with E-state index in [2.05, 4.69) is 25.8 Å². The Balaban J connectivity index is 2.84. The van der Waals surface area contributed by atoms with Crippen LogP contribution in [0, 0.1) is 5.92 Å². The summed E-state index contributed by atoms with van der Waals surface area (Å²) in [6.45, 7) is 6.35. The molecular formula is C13H21NO. The lowest BCUT2D eigenvalue weighted by Crippen LogP contribution is -2.11. The summed E-state index contributed by atoms with van der Waals surface area (Å²) in [4.78, 5) is 4.09. The molecule has 0 aromatic carbocycles. The number of aliphatic hydroxyl groups excluding tert-OH is 1. The highest BCUT2D eigenvalue weighted by Gasteiger charge is 2.17. The van der Waals surface area contributed by atoms with Gasteiger partial charge in [-0.3, -0.25) is 4.98 Å². The average Bonchev–Trinajstić information content (AvgIpc) is 2.28. The molecule has 0 radical (unpaired) electrons. The third-order valence-electron chi connectivity index (χ3n) is 2.92. The van der Waals surface area contributed by atoms with E-state index in [0.29, 0.717) is 5.92 Å². The Morgan fingerprint density at radius 2 is 2.13 bits per heavy atom. The summed E-state index contributed by atoms with van der Waals surface area (Å²) in [7, 11) is 0. The summed E-state index contributed by atoms with van der Waals surface area (Å²) in [5, 5.41) is 10.2.